The zero-order valence-corrected chi connectivity index (χ0v) is 17.0. The SMILES string of the molecule is CCOc1ccc(CCNC(=O)Cn2ccc3cc(Cl)ccc32)cc1OCC. The Morgan fingerprint density at radius 1 is 1.04 bits per heavy atom. The van der Waals surface area contributed by atoms with Crippen molar-refractivity contribution in [3.8, 4) is 11.5 Å². The monoisotopic (exact) mass is 400 g/mol. The number of benzene rings is 2. The molecule has 0 atom stereocenters. The maximum atomic E-state index is 12.3. The Hall–Kier alpha value is -2.66. The fraction of sp³-hybridized carbons (Fsp3) is 0.318. The van der Waals surface area contributed by atoms with E-state index in [1.807, 2.05) is 67.1 Å². The Morgan fingerprint density at radius 3 is 2.61 bits per heavy atom. The van der Waals surface area contributed by atoms with Crippen molar-refractivity contribution in [2.75, 3.05) is 19.8 Å². The van der Waals surface area contributed by atoms with Gasteiger partial charge >= 0.3 is 0 Å². The summed E-state index contributed by atoms with van der Waals surface area (Å²) in [5, 5.41) is 4.70. The Balaban J connectivity index is 1.55. The number of halogens is 1. The lowest BCUT2D eigenvalue weighted by Crippen LogP contribution is -2.29. The van der Waals surface area contributed by atoms with Gasteiger partial charge in [0.1, 0.15) is 6.54 Å². The first-order valence-corrected chi connectivity index (χ1v) is 9.88. The quantitative estimate of drug-likeness (QED) is 0.577. The first-order chi connectivity index (χ1) is 13.6. The standard InChI is InChI=1S/C22H25ClN2O3/c1-3-27-20-8-5-16(13-21(20)28-4-2)9-11-24-22(26)15-25-12-10-17-14-18(23)6-7-19(17)25/h5-8,10,12-14H,3-4,9,11,15H2,1-2H3,(H,24,26). The van der Waals surface area contributed by atoms with Crippen molar-refractivity contribution in [2.45, 2.75) is 26.8 Å². The number of ether oxygens (including phenoxy) is 2. The van der Waals surface area contributed by atoms with E-state index in [-0.39, 0.29) is 12.5 Å². The summed E-state index contributed by atoms with van der Waals surface area (Å²) in [6.07, 6.45) is 2.63. The second-order valence-corrected chi connectivity index (χ2v) is 6.83. The highest BCUT2D eigenvalue weighted by Crippen LogP contribution is 2.28. The van der Waals surface area contributed by atoms with Crippen molar-refractivity contribution in [3.05, 3.63) is 59.2 Å². The van der Waals surface area contributed by atoms with Gasteiger partial charge in [0.2, 0.25) is 5.91 Å². The van der Waals surface area contributed by atoms with E-state index in [0.29, 0.717) is 24.8 Å². The average molecular weight is 401 g/mol. The van der Waals surface area contributed by atoms with Crippen LogP contribution >= 0.6 is 11.6 Å². The highest BCUT2D eigenvalue weighted by atomic mass is 35.5. The molecule has 6 heteroatoms. The summed E-state index contributed by atoms with van der Waals surface area (Å²) < 4.78 is 13.2. The van der Waals surface area contributed by atoms with Gasteiger partial charge in [-0.2, -0.15) is 0 Å². The number of rotatable bonds is 9. The number of carbonyl (C=O) groups is 1. The van der Waals surface area contributed by atoms with Crippen molar-refractivity contribution in [1.82, 2.24) is 9.88 Å². The Bertz CT molecular complexity index is 952. The van der Waals surface area contributed by atoms with Crippen LogP contribution in [0.25, 0.3) is 10.9 Å². The smallest absolute Gasteiger partial charge is 0.239 e. The highest BCUT2D eigenvalue weighted by Gasteiger charge is 2.08. The number of aromatic nitrogens is 1. The normalized spacial score (nSPS) is 10.8. The second kappa shape index (κ2) is 9.51. The van der Waals surface area contributed by atoms with E-state index in [2.05, 4.69) is 5.32 Å². The van der Waals surface area contributed by atoms with E-state index in [1.54, 1.807) is 0 Å². The third-order valence-electron chi connectivity index (χ3n) is 4.39. The molecule has 5 nitrogen and oxygen atoms in total. The first kappa shape index (κ1) is 20.1. The number of carbonyl (C=O) groups excluding carboxylic acids is 1. The lowest BCUT2D eigenvalue weighted by molar-refractivity contribution is -0.121. The minimum absolute atomic E-state index is 0.0246. The second-order valence-electron chi connectivity index (χ2n) is 6.39. The number of nitrogens with zero attached hydrogens (tertiary/aromatic N) is 1. The van der Waals surface area contributed by atoms with Crippen LogP contribution < -0.4 is 14.8 Å². The van der Waals surface area contributed by atoms with E-state index < -0.39 is 0 Å². The van der Waals surface area contributed by atoms with Crippen LogP contribution in [0.2, 0.25) is 5.02 Å². The van der Waals surface area contributed by atoms with Gasteiger partial charge in [0.15, 0.2) is 11.5 Å². The number of amides is 1. The van der Waals surface area contributed by atoms with E-state index in [1.165, 1.54) is 0 Å². The molecule has 0 fully saturated rings. The van der Waals surface area contributed by atoms with Gasteiger partial charge in [-0.3, -0.25) is 4.79 Å². The molecule has 1 N–H and O–H groups in total. The molecule has 3 aromatic rings. The van der Waals surface area contributed by atoms with Gasteiger partial charge in [0.05, 0.1) is 13.2 Å². The Labute approximate surface area is 170 Å². The van der Waals surface area contributed by atoms with Crippen LogP contribution in [0.3, 0.4) is 0 Å². The van der Waals surface area contributed by atoms with Crippen LogP contribution in [-0.2, 0) is 17.8 Å². The van der Waals surface area contributed by atoms with Crippen LogP contribution in [0.1, 0.15) is 19.4 Å². The van der Waals surface area contributed by atoms with Crippen LogP contribution in [0, 0.1) is 0 Å². The van der Waals surface area contributed by atoms with Crippen molar-refractivity contribution in [3.63, 3.8) is 0 Å². The zero-order valence-electron chi connectivity index (χ0n) is 16.2. The van der Waals surface area contributed by atoms with Crippen molar-refractivity contribution >= 4 is 28.4 Å². The summed E-state index contributed by atoms with van der Waals surface area (Å²) in [5.74, 6) is 1.46. The largest absolute Gasteiger partial charge is 0.490 e. The van der Waals surface area contributed by atoms with Gasteiger partial charge in [0, 0.05) is 28.7 Å². The average Bonchev–Trinajstić information content (AvgIpc) is 3.06. The van der Waals surface area contributed by atoms with Gasteiger partial charge in [0.25, 0.3) is 0 Å². The van der Waals surface area contributed by atoms with Crippen LogP contribution in [0.15, 0.2) is 48.7 Å². The summed E-state index contributed by atoms with van der Waals surface area (Å²) in [6.45, 7) is 5.90. The third kappa shape index (κ3) is 4.98. The topological polar surface area (TPSA) is 52.5 Å². The molecule has 0 radical (unpaired) electrons. The number of hydrogen-bond donors (Lipinski definition) is 1. The highest BCUT2D eigenvalue weighted by molar-refractivity contribution is 6.31. The summed E-state index contributed by atoms with van der Waals surface area (Å²) in [7, 11) is 0. The maximum absolute atomic E-state index is 12.3. The molecule has 1 amide bonds. The molecule has 0 aliphatic rings. The lowest BCUT2D eigenvalue weighted by atomic mass is 10.1. The molecular weight excluding hydrogens is 376 g/mol. The summed E-state index contributed by atoms with van der Waals surface area (Å²) in [5.41, 5.74) is 2.08. The Morgan fingerprint density at radius 2 is 1.82 bits per heavy atom. The molecule has 1 heterocycles. The summed E-state index contributed by atoms with van der Waals surface area (Å²) >= 11 is 6.01. The molecule has 0 saturated carbocycles. The molecule has 1 aromatic heterocycles. The fourth-order valence-corrected chi connectivity index (χ4v) is 3.30. The molecular formula is C22H25ClN2O3. The lowest BCUT2D eigenvalue weighted by Gasteiger charge is -2.13. The van der Waals surface area contributed by atoms with E-state index in [9.17, 15) is 4.79 Å². The van der Waals surface area contributed by atoms with Crippen LogP contribution in [0.5, 0.6) is 11.5 Å². The van der Waals surface area contributed by atoms with Gasteiger partial charge in [-0.05, 0) is 62.2 Å². The molecule has 0 unspecified atom stereocenters. The molecule has 2 aromatic carbocycles. The van der Waals surface area contributed by atoms with Crippen molar-refractivity contribution in [2.24, 2.45) is 0 Å². The van der Waals surface area contributed by atoms with Crippen molar-refractivity contribution < 1.29 is 14.3 Å². The molecule has 148 valence electrons. The molecule has 0 aliphatic carbocycles. The van der Waals surface area contributed by atoms with Gasteiger partial charge in [-0.1, -0.05) is 17.7 Å². The number of nitrogens with one attached hydrogen (secondary N) is 1. The molecule has 0 saturated heterocycles. The predicted octanol–water partition coefficient (Wildman–Crippen LogP) is 4.45. The molecule has 0 bridgehead atoms. The van der Waals surface area contributed by atoms with E-state index in [4.69, 9.17) is 21.1 Å². The minimum atomic E-state index is -0.0246. The number of hydrogen-bond acceptors (Lipinski definition) is 3. The first-order valence-electron chi connectivity index (χ1n) is 9.50. The predicted molar refractivity (Wildman–Crippen MR) is 112 cm³/mol. The van der Waals surface area contributed by atoms with Gasteiger partial charge in [-0.15, -0.1) is 0 Å². The fourth-order valence-electron chi connectivity index (χ4n) is 3.12. The molecule has 0 spiro atoms. The Kier molecular flexibility index (Phi) is 6.82. The van der Waals surface area contributed by atoms with E-state index >= 15 is 0 Å². The third-order valence-corrected chi connectivity index (χ3v) is 4.63. The van der Waals surface area contributed by atoms with Gasteiger partial charge in [-0.25, -0.2) is 0 Å². The maximum Gasteiger partial charge on any atom is 0.239 e. The molecule has 0 aliphatic heterocycles. The van der Waals surface area contributed by atoms with E-state index in [0.717, 1.165) is 34.4 Å². The summed E-state index contributed by atoms with van der Waals surface area (Å²) in [4.78, 5) is 12.3. The van der Waals surface area contributed by atoms with Gasteiger partial charge < -0.3 is 19.4 Å². The zero-order chi connectivity index (χ0) is 19.9. The van der Waals surface area contributed by atoms with Crippen LogP contribution in [0.4, 0.5) is 0 Å². The number of fused-ring (bicyclic) bond motifs is 1. The molecule has 28 heavy (non-hydrogen) atoms. The van der Waals surface area contributed by atoms with Crippen LogP contribution in [-0.4, -0.2) is 30.2 Å². The molecule has 3 rings (SSSR count). The minimum Gasteiger partial charge on any atom is -0.490 e. The summed E-state index contributed by atoms with van der Waals surface area (Å²) in [6, 6.07) is 13.5. The van der Waals surface area contributed by atoms with Crippen molar-refractivity contribution in [1.29, 1.82) is 0 Å².